The molecule has 1 N–H and O–H groups in total. The Morgan fingerprint density at radius 1 is 1.57 bits per heavy atom. The molecule has 1 rings (SSSR count). The van der Waals surface area contributed by atoms with Crippen LogP contribution < -0.4 is 5.32 Å². The van der Waals surface area contributed by atoms with Gasteiger partial charge in [0, 0.05) is 18.5 Å². The summed E-state index contributed by atoms with van der Waals surface area (Å²) in [6.45, 7) is 3.36. The number of Topliss-reactive ketones (excluding diaryl/α,β-unsaturated/α-hetero) is 1. The monoisotopic (exact) mass is 197 g/mol. The molecule has 0 atom stereocenters. The minimum atomic E-state index is 0.0856. The second-order valence-electron chi connectivity index (χ2n) is 2.80. The maximum absolute atomic E-state index is 11.5. The van der Waals surface area contributed by atoms with Gasteiger partial charge in [-0.2, -0.15) is 0 Å². The van der Waals surface area contributed by atoms with E-state index in [9.17, 15) is 4.79 Å². The summed E-state index contributed by atoms with van der Waals surface area (Å²) in [5.74, 6) is 0.0856. The molecule has 4 nitrogen and oxygen atoms in total. The lowest BCUT2D eigenvalue weighted by Crippen LogP contribution is -2.14. The Bertz CT molecular complexity index is 246. The van der Waals surface area contributed by atoms with Gasteiger partial charge < -0.3 is 5.32 Å². The highest BCUT2D eigenvalue weighted by Gasteiger charge is 2.07. The van der Waals surface area contributed by atoms with E-state index in [1.54, 1.807) is 12.3 Å². The first kappa shape index (κ1) is 10.9. The summed E-state index contributed by atoms with van der Waals surface area (Å²) in [6, 6.07) is 0. The van der Waals surface area contributed by atoms with Crippen LogP contribution in [0.5, 0.6) is 0 Å². The standard InChI is InChI=1S/C10H15NO3/c1-2-13-14-8-5-10(12)9-3-6-11-7-4-9/h3-4,6,11H,2,5,7-8H2,1H3. The molecular weight excluding hydrogens is 182 g/mol. The average Bonchev–Trinajstić information content (AvgIpc) is 2.25. The number of carbonyl (C=O) groups is 1. The van der Waals surface area contributed by atoms with Crippen molar-refractivity contribution in [1.29, 1.82) is 0 Å². The number of nitrogens with one attached hydrogen (secondary N) is 1. The third-order valence-corrected chi connectivity index (χ3v) is 1.76. The molecule has 0 saturated carbocycles. The highest BCUT2D eigenvalue weighted by atomic mass is 17.2. The Balaban J connectivity index is 2.21. The summed E-state index contributed by atoms with van der Waals surface area (Å²) < 4.78 is 0. The molecule has 14 heavy (non-hydrogen) atoms. The number of rotatable bonds is 6. The Morgan fingerprint density at radius 2 is 2.43 bits per heavy atom. The van der Waals surface area contributed by atoms with E-state index in [1.807, 2.05) is 13.0 Å². The molecule has 4 heteroatoms. The van der Waals surface area contributed by atoms with Gasteiger partial charge in [-0.05, 0) is 19.2 Å². The lowest BCUT2D eigenvalue weighted by Gasteiger charge is -2.07. The van der Waals surface area contributed by atoms with Gasteiger partial charge in [0.2, 0.25) is 0 Å². The Hall–Kier alpha value is -1.13. The van der Waals surface area contributed by atoms with Crippen molar-refractivity contribution in [2.75, 3.05) is 19.8 Å². The quantitative estimate of drug-likeness (QED) is 0.391. The topological polar surface area (TPSA) is 47.6 Å². The minimum absolute atomic E-state index is 0.0856. The fourth-order valence-electron chi connectivity index (χ4n) is 1.08. The molecule has 0 aliphatic carbocycles. The van der Waals surface area contributed by atoms with Crippen LogP contribution in [0.1, 0.15) is 13.3 Å². The Kier molecular flexibility index (Phi) is 4.96. The van der Waals surface area contributed by atoms with Crippen molar-refractivity contribution in [2.24, 2.45) is 0 Å². The molecule has 1 heterocycles. The van der Waals surface area contributed by atoms with Crippen LogP contribution in [0.15, 0.2) is 23.9 Å². The molecule has 78 valence electrons. The number of hydrogen-bond acceptors (Lipinski definition) is 4. The zero-order valence-electron chi connectivity index (χ0n) is 8.29. The first-order chi connectivity index (χ1) is 6.84. The van der Waals surface area contributed by atoms with Crippen molar-refractivity contribution in [1.82, 2.24) is 5.32 Å². The van der Waals surface area contributed by atoms with Crippen LogP contribution in [0.2, 0.25) is 0 Å². The van der Waals surface area contributed by atoms with Crippen molar-refractivity contribution < 1.29 is 14.6 Å². The van der Waals surface area contributed by atoms with Gasteiger partial charge in [0.05, 0.1) is 13.2 Å². The fourth-order valence-corrected chi connectivity index (χ4v) is 1.08. The predicted octanol–water partition coefficient (Wildman–Crippen LogP) is 0.957. The highest BCUT2D eigenvalue weighted by Crippen LogP contribution is 2.04. The SMILES string of the molecule is CCOOCCC(=O)C1=CCNC=C1. The van der Waals surface area contributed by atoms with Gasteiger partial charge in [0.25, 0.3) is 0 Å². The Labute approximate surface area is 83.5 Å². The van der Waals surface area contributed by atoms with Gasteiger partial charge in [-0.25, -0.2) is 9.78 Å². The van der Waals surface area contributed by atoms with Crippen LogP contribution in [0.4, 0.5) is 0 Å². The number of carbonyl (C=O) groups excluding carboxylic acids is 1. The molecule has 0 aromatic rings. The van der Waals surface area contributed by atoms with Crippen molar-refractivity contribution >= 4 is 5.78 Å². The van der Waals surface area contributed by atoms with Crippen LogP contribution >= 0.6 is 0 Å². The number of dihydropyridines is 1. The molecule has 0 saturated heterocycles. The largest absolute Gasteiger partial charge is 0.387 e. The van der Waals surface area contributed by atoms with Gasteiger partial charge in [-0.3, -0.25) is 4.79 Å². The molecule has 0 spiro atoms. The van der Waals surface area contributed by atoms with Crippen molar-refractivity contribution in [3.05, 3.63) is 23.9 Å². The van der Waals surface area contributed by atoms with E-state index < -0.39 is 0 Å². The smallest absolute Gasteiger partial charge is 0.165 e. The third-order valence-electron chi connectivity index (χ3n) is 1.76. The maximum atomic E-state index is 11.5. The molecular formula is C10H15NO3. The van der Waals surface area contributed by atoms with Crippen LogP contribution in [0.3, 0.4) is 0 Å². The molecule has 0 aromatic carbocycles. The fraction of sp³-hybridized carbons (Fsp3) is 0.500. The molecule has 0 amide bonds. The summed E-state index contributed by atoms with van der Waals surface area (Å²) in [5.41, 5.74) is 0.740. The zero-order valence-corrected chi connectivity index (χ0v) is 8.29. The first-order valence-electron chi connectivity index (χ1n) is 4.72. The number of ketones is 1. The van der Waals surface area contributed by atoms with E-state index in [-0.39, 0.29) is 5.78 Å². The Morgan fingerprint density at radius 3 is 3.07 bits per heavy atom. The van der Waals surface area contributed by atoms with Crippen LogP contribution in [0, 0.1) is 0 Å². The molecule has 0 fully saturated rings. The molecule has 1 aliphatic rings. The molecule has 0 unspecified atom stereocenters. The maximum Gasteiger partial charge on any atom is 0.165 e. The summed E-state index contributed by atoms with van der Waals surface area (Å²) in [7, 11) is 0. The molecule has 0 radical (unpaired) electrons. The van der Waals surface area contributed by atoms with Gasteiger partial charge >= 0.3 is 0 Å². The zero-order chi connectivity index (χ0) is 10.2. The number of allylic oxidation sites excluding steroid dienone is 2. The van der Waals surface area contributed by atoms with Crippen LogP contribution in [-0.4, -0.2) is 25.5 Å². The van der Waals surface area contributed by atoms with Gasteiger partial charge in [0.15, 0.2) is 5.78 Å². The second kappa shape index (κ2) is 6.34. The van der Waals surface area contributed by atoms with Gasteiger partial charge in [0.1, 0.15) is 0 Å². The summed E-state index contributed by atoms with van der Waals surface area (Å²) in [4.78, 5) is 20.9. The molecule has 1 aliphatic heterocycles. The van der Waals surface area contributed by atoms with Gasteiger partial charge in [-0.1, -0.05) is 6.08 Å². The van der Waals surface area contributed by atoms with E-state index >= 15 is 0 Å². The normalized spacial score (nSPS) is 14.8. The lowest BCUT2D eigenvalue weighted by molar-refractivity contribution is -0.290. The number of hydrogen-bond donors (Lipinski definition) is 1. The minimum Gasteiger partial charge on any atom is -0.387 e. The summed E-state index contributed by atoms with van der Waals surface area (Å²) >= 11 is 0. The van der Waals surface area contributed by atoms with Gasteiger partial charge in [-0.15, -0.1) is 0 Å². The van der Waals surface area contributed by atoms with Crippen molar-refractivity contribution in [3.8, 4) is 0 Å². The highest BCUT2D eigenvalue weighted by molar-refractivity contribution is 5.98. The lowest BCUT2D eigenvalue weighted by atomic mass is 10.1. The van der Waals surface area contributed by atoms with Crippen molar-refractivity contribution in [3.63, 3.8) is 0 Å². The summed E-state index contributed by atoms with van der Waals surface area (Å²) in [5, 5.41) is 2.98. The van der Waals surface area contributed by atoms with E-state index in [4.69, 9.17) is 4.89 Å². The first-order valence-corrected chi connectivity index (χ1v) is 4.72. The van der Waals surface area contributed by atoms with E-state index in [0.29, 0.717) is 26.2 Å². The van der Waals surface area contributed by atoms with E-state index in [2.05, 4.69) is 10.2 Å². The van der Waals surface area contributed by atoms with Crippen molar-refractivity contribution in [2.45, 2.75) is 13.3 Å². The van der Waals surface area contributed by atoms with Crippen LogP contribution in [-0.2, 0) is 14.6 Å². The predicted molar refractivity (Wildman–Crippen MR) is 52.4 cm³/mol. The summed E-state index contributed by atoms with van der Waals surface area (Å²) in [6.07, 6.45) is 5.77. The molecule has 0 aromatic heterocycles. The molecule has 0 bridgehead atoms. The second-order valence-corrected chi connectivity index (χ2v) is 2.80. The third kappa shape index (κ3) is 3.72. The van der Waals surface area contributed by atoms with E-state index in [0.717, 1.165) is 5.57 Å². The average molecular weight is 197 g/mol. The van der Waals surface area contributed by atoms with Crippen LogP contribution in [0.25, 0.3) is 0 Å². The van der Waals surface area contributed by atoms with E-state index in [1.165, 1.54) is 0 Å².